The van der Waals surface area contributed by atoms with Gasteiger partial charge in [-0.2, -0.15) is 8.78 Å². The van der Waals surface area contributed by atoms with E-state index in [1.807, 2.05) is 0 Å². The van der Waals surface area contributed by atoms with Gasteiger partial charge in [-0.25, -0.2) is 0 Å². The van der Waals surface area contributed by atoms with Crippen molar-refractivity contribution in [3.8, 4) is 23.0 Å². The molecule has 0 amide bonds. The molecule has 0 aromatic heterocycles. The zero-order valence-corrected chi connectivity index (χ0v) is 15.5. The van der Waals surface area contributed by atoms with Gasteiger partial charge in [-0.3, -0.25) is 0 Å². The van der Waals surface area contributed by atoms with Gasteiger partial charge in [0.05, 0.1) is 12.1 Å². The van der Waals surface area contributed by atoms with Gasteiger partial charge in [0.1, 0.15) is 19.8 Å². The number of rotatable bonds is 7. The highest BCUT2D eigenvalue weighted by Crippen LogP contribution is 2.38. The molecule has 0 radical (unpaired) electrons. The van der Waals surface area contributed by atoms with Gasteiger partial charge in [-0.1, -0.05) is 16.8 Å². The first-order chi connectivity index (χ1) is 13.5. The number of nitrogens with zero attached hydrogens (tertiary/aromatic N) is 1. The third kappa shape index (κ3) is 4.66. The molecule has 0 saturated heterocycles. The monoisotopic (exact) mass is 414 g/mol. The minimum Gasteiger partial charge on any atom is -0.493 e. The average molecular weight is 415 g/mol. The molecule has 0 aliphatic carbocycles. The van der Waals surface area contributed by atoms with E-state index < -0.39 is 6.61 Å². The van der Waals surface area contributed by atoms with Gasteiger partial charge in [0.2, 0.25) is 0 Å². The number of hydrogen-bond donors (Lipinski definition) is 1. The van der Waals surface area contributed by atoms with Crippen LogP contribution in [0.3, 0.4) is 0 Å². The zero-order chi connectivity index (χ0) is 20.1. The molecule has 0 spiro atoms. The summed E-state index contributed by atoms with van der Waals surface area (Å²) in [7, 11) is 1.33. The van der Waals surface area contributed by atoms with Crippen molar-refractivity contribution in [2.45, 2.75) is 13.2 Å². The molecule has 2 aromatic carbocycles. The predicted molar refractivity (Wildman–Crippen MR) is 97.6 cm³/mol. The minimum atomic E-state index is -2.97. The topological polar surface area (TPSA) is 84.5 Å². The molecule has 0 unspecified atom stereocenters. The molecule has 7 nitrogen and oxygen atoms in total. The van der Waals surface area contributed by atoms with Crippen molar-refractivity contribution < 1.29 is 32.6 Å². The molecule has 3 rings (SSSR count). The molecular formula is C18H17ClF2N2O5. The fraction of sp³-hybridized carbons (Fsp3) is 0.278. The third-order valence-corrected chi connectivity index (χ3v) is 4.01. The molecule has 150 valence electrons. The summed E-state index contributed by atoms with van der Waals surface area (Å²) in [6.45, 7) is -2.01. The van der Waals surface area contributed by atoms with Crippen molar-refractivity contribution >= 4 is 17.4 Å². The molecule has 0 atom stereocenters. The summed E-state index contributed by atoms with van der Waals surface area (Å²) in [6, 6.07) is 7.61. The standard InChI is InChI=1S/C18H17ClF2N2O5/c1-24-14-8-11(2-3-13(14)28-18(20)21)17(22)23-27-9-10-6-12(19)16-15(7-10)25-4-5-26-16/h2-3,6-8,18H,4-5,9H2,1H3,(H2,22,23). The number of alkyl halides is 2. The Morgan fingerprint density at radius 1 is 1.21 bits per heavy atom. The van der Waals surface area contributed by atoms with E-state index in [2.05, 4.69) is 9.89 Å². The van der Waals surface area contributed by atoms with Crippen molar-refractivity contribution in [3.63, 3.8) is 0 Å². The second kappa shape index (κ2) is 8.83. The summed E-state index contributed by atoms with van der Waals surface area (Å²) in [4.78, 5) is 5.27. The second-order valence-corrected chi connectivity index (χ2v) is 6.00. The number of hydrogen-bond acceptors (Lipinski definition) is 6. The third-order valence-electron chi connectivity index (χ3n) is 3.73. The lowest BCUT2D eigenvalue weighted by Gasteiger charge is -2.20. The number of oxime groups is 1. The Morgan fingerprint density at radius 2 is 2.00 bits per heavy atom. The first-order valence-corrected chi connectivity index (χ1v) is 8.52. The summed E-state index contributed by atoms with van der Waals surface area (Å²) in [6.07, 6.45) is 0. The molecule has 1 aliphatic heterocycles. The van der Waals surface area contributed by atoms with Gasteiger partial charge in [-0.05, 0) is 35.9 Å². The van der Waals surface area contributed by atoms with Gasteiger partial charge in [0, 0.05) is 5.56 Å². The van der Waals surface area contributed by atoms with E-state index in [-0.39, 0.29) is 23.9 Å². The SMILES string of the molecule is COc1cc(/C(N)=N/OCc2cc(Cl)c3c(c2)OCCO3)ccc1OC(F)F. The number of amidine groups is 1. The predicted octanol–water partition coefficient (Wildman–Crippen LogP) is 3.56. The van der Waals surface area contributed by atoms with Crippen LogP contribution in [-0.4, -0.2) is 32.8 Å². The zero-order valence-electron chi connectivity index (χ0n) is 14.8. The highest BCUT2D eigenvalue weighted by Gasteiger charge is 2.17. The maximum absolute atomic E-state index is 12.4. The largest absolute Gasteiger partial charge is 0.493 e. The lowest BCUT2D eigenvalue weighted by molar-refractivity contribution is -0.0512. The van der Waals surface area contributed by atoms with Gasteiger partial charge in [0.25, 0.3) is 0 Å². The number of nitrogens with two attached hydrogens (primary N) is 1. The summed E-state index contributed by atoms with van der Waals surface area (Å²) in [5, 5.41) is 4.24. The Balaban J connectivity index is 1.68. The molecular weight excluding hydrogens is 398 g/mol. The number of halogens is 3. The highest BCUT2D eigenvalue weighted by atomic mass is 35.5. The lowest BCUT2D eigenvalue weighted by atomic mass is 10.2. The number of methoxy groups -OCH3 is 1. The van der Waals surface area contributed by atoms with E-state index in [4.69, 9.17) is 36.4 Å². The Bertz CT molecular complexity index is 879. The quantitative estimate of drug-likeness (QED) is 0.423. The molecule has 2 N–H and O–H groups in total. The molecule has 10 heteroatoms. The maximum Gasteiger partial charge on any atom is 0.387 e. The molecule has 28 heavy (non-hydrogen) atoms. The summed E-state index contributed by atoms with van der Waals surface area (Å²) >= 11 is 6.17. The van der Waals surface area contributed by atoms with E-state index in [0.717, 1.165) is 0 Å². The summed E-state index contributed by atoms with van der Waals surface area (Å²) < 4.78 is 45.1. The van der Waals surface area contributed by atoms with Crippen LogP contribution in [0.25, 0.3) is 0 Å². The van der Waals surface area contributed by atoms with Gasteiger partial charge < -0.3 is 29.5 Å². The van der Waals surface area contributed by atoms with Crippen molar-refractivity contribution in [3.05, 3.63) is 46.5 Å². The van der Waals surface area contributed by atoms with E-state index in [0.29, 0.717) is 40.9 Å². The fourth-order valence-corrected chi connectivity index (χ4v) is 2.78. The lowest BCUT2D eigenvalue weighted by Crippen LogP contribution is -2.16. The van der Waals surface area contributed by atoms with Crippen molar-refractivity contribution in [2.75, 3.05) is 20.3 Å². The minimum absolute atomic E-state index is 0.0329. The summed E-state index contributed by atoms with van der Waals surface area (Å²) in [5.41, 5.74) is 7.01. The van der Waals surface area contributed by atoms with Crippen molar-refractivity contribution in [1.29, 1.82) is 0 Å². The van der Waals surface area contributed by atoms with Gasteiger partial charge in [-0.15, -0.1) is 0 Å². The van der Waals surface area contributed by atoms with Crippen LogP contribution in [0.2, 0.25) is 5.02 Å². The maximum atomic E-state index is 12.4. The van der Waals surface area contributed by atoms with Crippen LogP contribution in [0.5, 0.6) is 23.0 Å². The molecule has 0 fully saturated rings. The van der Waals surface area contributed by atoms with Crippen molar-refractivity contribution in [2.24, 2.45) is 10.9 Å². The fourth-order valence-electron chi connectivity index (χ4n) is 2.50. The van der Waals surface area contributed by atoms with Crippen LogP contribution >= 0.6 is 11.6 Å². The molecule has 0 saturated carbocycles. The van der Waals surface area contributed by atoms with Gasteiger partial charge >= 0.3 is 6.61 Å². The van der Waals surface area contributed by atoms with E-state index in [1.165, 1.54) is 25.3 Å². The molecule has 0 bridgehead atoms. The highest BCUT2D eigenvalue weighted by molar-refractivity contribution is 6.32. The number of benzene rings is 2. The van der Waals surface area contributed by atoms with E-state index in [1.54, 1.807) is 12.1 Å². The van der Waals surface area contributed by atoms with Crippen LogP contribution in [0, 0.1) is 0 Å². The van der Waals surface area contributed by atoms with E-state index in [9.17, 15) is 8.78 Å². The molecule has 1 heterocycles. The Morgan fingerprint density at radius 3 is 2.75 bits per heavy atom. The number of fused-ring (bicyclic) bond motifs is 1. The van der Waals surface area contributed by atoms with Gasteiger partial charge in [0.15, 0.2) is 28.8 Å². The smallest absolute Gasteiger partial charge is 0.387 e. The first kappa shape index (κ1) is 19.8. The first-order valence-electron chi connectivity index (χ1n) is 8.14. The average Bonchev–Trinajstić information content (AvgIpc) is 2.68. The van der Waals surface area contributed by atoms with Crippen LogP contribution in [0.15, 0.2) is 35.5 Å². The van der Waals surface area contributed by atoms with Crippen LogP contribution in [-0.2, 0) is 11.4 Å². The molecule has 2 aromatic rings. The van der Waals surface area contributed by atoms with Crippen LogP contribution in [0.4, 0.5) is 8.78 Å². The summed E-state index contributed by atoms with van der Waals surface area (Å²) in [5.74, 6) is 1.05. The Hall–Kier alpha value is -2.94. The van der Waals surface area contributed by atoms with Crippen molar-refractivity contribution in [1.82, 2.24) is 0 Å². The number of ether oxygens (including phenoxy) is 4. The Labute approximate surface area is 164 Å². The molecule has 1 aliphatic rings. The van der Waals surface area contributed by atoms with E-state index >= 15 is 0 Å². The van der Waals surface area contributed by atoms with Crippen LogP contribution < -0.4 is 24.7 Å². The second-order valence-electron chi connectivity index (χ2n) is 5.60. The van der Waals surface area contributed by atoms with Crippen LogP contribution in [0.1, 0.15) is 11.1 Å². The normalized spacial score (nSPS) is 13.4. The Kier molecular flexibility index (Phi) is 6.25.